The summed E-state index contributed by atoms with van der Waals surface area (Å²) in [6, 6.07) is 0.385. The van der Waals surface area contributed by atoms with Crippen LogP contribution in [0.1, 0.15) is 32.0 Å². The number of hydrogen-bond acceptors (Lipinski definition) is 5. The van der Waals surface area contributed by atoms with E-state index in [1.54, 1.807) is 6.92 Å². The molecule has 1 aliphatic carbocycles. The molecule has 1 saturated carbocycles. The maximum Gasteiger partial charge on any atom is 0.223 e. The van der Waals surface area contributed by atoms with Crippen molar-refractivity contribution < 1.29 is 9.63 Å². The fourth-order valence-electron chi connectivity index (χ4n) is 2.05. The molecule has 1 aromatic heterocycles. The van der Waals surface area contributed by atoms with Gasteiger partial charge in [-0.3, -0.25) is 0 Å². The Kier molecular flexibility index (Phi) is 2.99. The second kappa shape index (κ2) is 4.14. The normalized spacial score (nSPS) is 27.8. The van der Waals surface area contributed by atoms with Crippen molar-refractivity contribution in [3.05, 3.63) is 11.7 Å². The van der Waals surface area contributed by atoms with Gasteiger partial charge in [0, 0.05) is 31.3 Å². The average molecular weight is 225 g/mol. The van der Waals surface area contributed by atoms with E-state index in [0.29, 0.717) is 11.9 Å². The van der Waals surface area contributed by atoms with E-state index < -0.39 is 0 Å². The number of aryl methyl sites for hydroxylation is 1. The third-order valence-corrected chi connectivity index (χ3v) is 3.52. The first kappa shape index (κ1) is 11.5. The third-order valence-electron chi connectivity index (χ3n) is 3.52. The van der Waals surface area contributed by atoms with Gasteiger partial charge in [-0.1, -0.05) is 19.0 Å². The smallest absolute Gasteiger partial charge is 0.223 e. The molecule has 0 radical (unpaired) electrons. The number of aromatic nitrogens is 2. The summed E-state index contributed by atoms with van der Waals surface area (Å²) in [5.41, 5.74) is -0.0207. The van der Waals surface area contributed by atoms with Gasteiger partial charge in [0.2, 0.25) is 5.89 Å². The molecule has 2 N–H and O–H groups in total. The monoisotopic (exact) mass is 225 g/mol. The summed E-state index contributed by atoms with van der Waals surface area (Å²) in [4.78, 5) is 4.14. The molecule has 90 valence electrons. The predicted molar refractivity (Wildman–Crippen MR) is 58.9 cm³/mol. The molecule has 2 atom stereocenters. The molecule has 5 heteroatoms. The largest absolute Gasteiger partial charge is 0.392 e. The molecule has 2 unspecified atom stereocenters. The van der Waals surface area contributed by atoms with Gasteiger partial charge in [0.05, 0.1) is 6.10 Å². The van der Waals surface area contributed by atoms with Crippen molar-refractivity contribution in [3.8, 4) is 0 Å². The molecule has 0 saturated heterocycles. The van der Waals surface area contributed by atoms with Crippen molar-refractivity contribution in [1.29, 1.82) is 0 Å². The minimum atomic E-state index is -0.183. The van der Waals surface area contributed by atoms with Gasteiger partial charge in [-0.2, -0.15) is 4.98 Å². The molecule has 1 fully saturated rings. The molecule has 1 aromatic rings. The fraction of sp³-hybridized carbons (Fsp3) is 0.818. The molecule has 0 bridgehead atoms. The summed E-state index contributed by atoms with van der Waals surface area (Å²) in [5, 5.41) is 16.8. The van der Waals surface area contributed by atoms with E-state index >= 15 is 0 Å². The molecular formula is C11H19N3O2. The highest BCUT2D eigenvalue weighted by molar-refractivity contribution is 5.01. The van der Waals surface area contributed by atoms with Crippen LogP contribution in [0.15, 0.2) is 4.52 Å². The number of aliphatic hydroxyl groups is 1. The minimum absolute atomic E-state index is 0.0207. The molecule has 16 heavy (non-hydrogen) atoms. The van der Waals surface area contributed by atoms with Crippen LogP contribution in [-0.4, -0.2) is 33.9 Å². The highest BCUT2D eigenvalue weighted by Gasteiger charge is 2.46. The first-order valence-corrected chi connectivity index (χ1v) is 5.71. The standard InChI is InChI=1S/C11H19N3O2/c1-7-13-10(14-16-7)4-5-12-8-6-9(15)11(8,2)3/h8-9,12,15H,4-6H2,1-3H3. The number of nitrogens with one attached hydrogen (secondary N) is 1. The predicted octanol–water partition coefficient (Wildman–Crippen LogP) is 0.670. The Morgan fingerprint density at radius 2 is 2.31 bits per heavy atom. The molecule has 0 amide bonds. The summed E-state index contributed by atoms with van der Waals surface area (Å²) >= 11 is 0. The van der Waals surface area contributed by atoms with Crippen molar-refractivity contribution in [2.45, 2.75) is 45.8 Å². The summed E-state index contributed by atoms with van der Waals surface area (Å²) < 4.78 is 4.89. The van der Waals surface area contributed by atoms with Crippen LogP contribution in [0.3, 0.4) is 0 Å². The van der Waals surface area contributed by atoms with Crippen molar-refractivity contribution in [2.75, 3.05) is 6.54 Å². The van der Waals surface area contributed by atoms with Gasteiger partial charge >= 0.3 is 0 Å². The Morgan fingerprint density at radius 1 is 1.56 bits per heavy atom. The summed E-state index contributed by atoms with van der Waals surface area (Å²) in [6.07, 6.45) is 1.41. The van der Waals surface area contributed by atoms with Crippen LogP contribution in [-0.2, 0) is 6.42 Å². The van der Waals surface area contributed by atoms with Crippen LogP contribution in [0.2, 0.25) is 0 Å². The van der Waals surface area contributed by atoms with Crippen LogP contribution >= 0.6 is 0 Å². The second-order valence-electron chi connectivity index (χ2n) is 5.06. The van der Waals surface area contributed by atoms with E-state index in [9.17, 15) is 5.11 Å². The van der Waals surface area contributed by atoms with Gasteiger partial charge < -0.3 is 14.9 Å². The van der Waals surface area contributed by atoms with Crippen molar-refractivity contribution >= 4 is 0 Å². The molecule has 1 aliphatic rings. The number of rotatable bonds is 4. The van der Waals surface area contributed by atoms with Crippen molar-refractivity contribution in [2.24, 2.45) is 5.41 Å². The summed E-state index contributed by atoms with van der Waals surface area (Å²) in [7, 11) is 0. The SMILES string of the molecule is Cc1nc(CCNC2CC(O)C2(C)C)no1. The van der Waals surface area contributed by atoms with Crippen LogP contribution in [0, 0.1) is 12.3 Å². The Morgan fingerprint density at radius 3 is 2.81 bits per heavy atom. The molecule has 0 spiro atoms. The molecule has 1 heterocycles. The number of hydrogen-bond donors (Lipinski definition) is 2. The second-order valence-corrected chi connectivity index (χ2v) is 5.06. The van der Waals surface area contributed by atoms with Crippen LogP contribution in [0.4, 0.5) is 0 Å². The van der Waals surface area contributed by atoms with Crippen LogP contribution in [0.25, 0.3) is 0 Å². The summed E-state index contributed by atoms with van der Waals surface area (Å²) in [6.45, 7) is 6.77. The van der Waals surface area contributed by atoms with Crippen molar-refractivity contribution in [1.82, 2.24) is 15.5 Å². The van der Waals surface area contributed by atoms with E-state index in [-0.39, 0.29) is 11.5 Å². The van der Waals surface area contributed by atoms with E-state index in [1.165, 1.54) is 0 Å². The Labute approximate surface area is 95.2 Å². The molecule has 0 aliphatic heterocycles. The zero-order valence-electron chi connectivity index (χ0n) is 10.0. The van der Waals surface area contributed by atoms with Crippen molar-refractivity contribution in [3.63, 3.8) is 0 Å². The lowest BCUT2D eigenvalue weighted by atomic mass is 9.64. The number of aliphatic hydroxyl groups excluding tert-OH is 1. The topological polar surface area (TPSA) is 71.2 Å². The van der Waals surface area contributed by atoms with Crippen LogP contribution in [0.5, 0.6) is 0 Å². The number of nitrogens with zero attached hydrogens (tertiary/aromatic N) is 2. The average Bonchev–Trinajstić information content (AvgIpc) is 2.63. The van der Waals surface area contributed by atoms with E-state index in [1.807, 2.05) is 0 Å². The first-order valence-electron chi connectivity index (χ1n) is 5.71. The summed E-state index contributed by atoms with van der Waals surface area (Å²) in [5.74, 6) is 1.34. The lowest BCUT2D eigenvalue weighted by molar-refractivity contribution is -0.0721. The van der Waals surface area contributed by atoms with E-state index in [0.717, 1.165) is 25.2 Å². The third kappa shape index (κ3) is 2.10. The Bertz CT molecular complexity index is 362. The van der Waals surface area contributed by atoms with E-state index in [2.05, 4.69) is 29.3 Å². The fourth-order valence-corrected chi connectivity index (χ4v) is 2.05. The van der Waals surface area contributed by atoms with Gasteiger partial charge in [-0.05, 0) is 6.42 Å². The lowest BCUT2D eigenvalue weighted by Gasteiger charge is -2.49. The Hall–Kier alpha value is -0.940. The van der Waals surface area contributed by atoms with Gasteiger partial charge in [0.15, 0.2) is 5.82 Å². The van der Waals surface area contributed by atoms with E-state index in [4.69, 9.17) is 4.52 Å². The Balaban J connectivity index is 1.73. The maximum absolute atomic E-state index is 9.59. The zero-order chi connectivity index (χ0) is 11.8. The highest BCUT2D eigenvalue weighted by Crippen LogP contribution is 2.40. The first-order chi connectivity index (χ1) is 7.50. The van der Waals surface area contributed by atoms with Gasteiger partial charge in [-0.25, -0.2) is 0 Å². The van der Waals surface area contributed by atoms with Crippen LogP contribution < -0.4 is 5.32 Å². The van der Waals surface area contributed by atoms with Gasteiger partial charge in [0.25, 0.3) is 0 Å². The zero-order valence-corrected chi connectivity index (χ0v) is 10.0. The minimum Gasteiger partial charge on any atom is -0.392 e. The lowest BCUT2D eigenvalue weighted by Crippen LogP contribution is -2.60. The quantitative estimate of drug-likeness (QED) is 0.788. The van der Waals surface area contributed by atoms with Gasteiger partial charge in [-0.15, -0.1) is 0 Å². The van der Waals surface area contributed by atoms with Gasteiger partial charge in [0.1, 0.15) is 0 Å². The maximum atomic E-state index is 9.59. The molecular weight excluding hydrogens is 206 g/mol. The molecule has 2 rings (SSSR count). The molecule has 5 nitrogen and oxygen atoms in total. The molecule has 0 aromatic carbocycles. The highest BCUT2D eigenvalue weighted by atomic mass is 16.5.